The molecule has 3 N–H and O–H groups in total. The molecule has 1 aromatic rings. The van der Waals surface area contributed by atoms with Crippen molar-refractivity contribution in [3.63, 3.8) is 0 Å². The number of ether oxygens (including phenoxy) is 1. The van der Waals surface area contributed by atoms with Crippen LogP contribution in [-0.2, 0) is 14.3 Å². The number of fused-ring (bicyclic) bond motifs is 1. The Kier molecular flexibility index (Phi) is 4.72. The molecule has 0 spiro atoms. The van der Waals surface area contributed by atoms with E-state index in [0.717, 1.165) is 4.90 Å². The van der Waals surface area contributed by atoms with E-state index in [9.17, 15) is 19.5 Å². The highest BCUT2D eigenvalue weighted by molar-refractivity contribution is 8.00. The van der Waals surface area contributed by atoms with Crippen LogP contribution in [0.3, 0.4) is 0 Å². The molecule has 0 aromatic heterocycles. The van der Waals surface area contributed by atoms with E-state index < -0.39 is 17.4 Å². The van der Waals surface area contributed by atoms with Crippen LogP contribution in [0.15, 0.2) is 23.1 Å². The number of carboxylic acid groups (broad SMARTS) is 1. The summed E-state index contributed by atoms with van der Waals surface area (Å²) in [4.78, 5) is 35.8. The molecule has 0 aliphatic carbocycles. The fourth-order valence-corrected chi connectivity index (χ4v) is 2.78. The second-order valence-electron chi connectivity index (χ2n) is 5.07. The molecule has 1 unspecified atom stereocenters. The van der Waals surface area contributed by atoms with Crippen molar-refractivity contribution < 1.29 is 24.2 Å². The lowest BCUT2D eigenvalue weighted by atomic mass is 10.0. The van der Waals surface area contributed by atoms with Crippen molar-refractivity contribution in [1.82, 2.24) is 5.32 Å². The van der Waals surface area contributed by atoms with E-state index in [0.29, 0.717) is 11.4 Å². The number of carboxylic acids is 1. The lowest BCUT2D eigenvalue weighted by molar-refractivity contribution is -0.145. The number of amides is 2. The van der Waals surface area contributed by atoms with Crippen molar-refractivity contribution in [3.8, 4) is 0 Å². The molecule has 2 rings (SSSR count). The van der Waals surface area contributed by atoms with Crippen molar-refractivity contribution in [3.05, 3.63) is 23.8 Å². The maximum absolute atomic E-state index is 12.3. The molecule has 1 aliphatic heterocycles. The molecule has 0 saturated heterocycles. The van der Waals surface area contributed by atoms with Crippen molar-refractivity contribution in [1.29, 1.82) is 0 Å². The van der Waals surface area contributed by atoms with E-state index in [2.05, 4.69) is 10.6 Å². The minimum Gasteiger partial charge on any atom is -0.479 e. The van der Waals surface area contributed by atoms with Crippen LogP contribution < -0.4 is 10.6 Å². The number of aliphatic carboxylic acids is 1. The third kappa shape index (κ3) is 3.40. The highest BCUT2D eigenvalue weighted by Gasteiger charge is 2.35. The van der Waals surface area contributed by atoms with Crippen LogP contribution in [0.1, 0.15) is 17.3 Å². The Bertz CT molecular complexity index is 634. The first-order valence-electron chi connectivity index (χ1n) is 6.47. The molecule has 0 bridgehead atoms. The largest absolute Gasteiger partial charge is 0.479 e. The van der Waals surface area contributed by atoms with Gasteiger partial charge < -0.3 is 20.5 Å². The molecule has 1 aliphatic rings. The van der Waals surface area contributed by atoms with Gasteiger partial charge in [0.2, 0.25) is 5.91 Å². The molecule has 1 heterocycles. The lowest BCUT2D eigenvalue weighted by Gasteiger charge is -2.25. The van der Waals surface area contributed by atoms with Gasteiger partial charge in [-0.2, -0.15) is 0 Å². The highest BCUT2D eigenvalue weighted by atomic mass is 32.2. The fraction of sp³-hybridized carbons (Fsp3) is 0.357. The van der Waals surface area contributed by atoms with E-state index >= 15 is 0 Å². The van der Waals surface area contributed by atoms with Crippen molar-refractivity contribution in [2.45, 2.75) is 17.4 Å². The number of hydrogen-bond acceptors (Lipinski definition) is 5. The third-order valence-corrected chi connectivity index (χ3v) is 4.24. The monoisotopic (exact) mass is 324 g/mol. The first-order chi connectivity index (χ1) is 10.4. The van der Waals surface area contributed by atoms with Crippen LogP contribution in [0, 0.1) is 0 Å². The van der Waals surface area contributed by atoms with E-state index in [1.807, 2.05) is 0 Å². The summed E-state index contributed by atoms with van der Waals surface area (Å²) in [6.07, 6.45) is 0. The first kappa shape index (κ1) is 16.3. The van der Waals surface area contributed by atoms with E-state index in [1.54, 1.807) is 12.1 Å². The third-order valence-electron chi connectivity index (χ3n) is 3.17. The van der Waals surface area contributed by atoms with Crippen molar-refractivity contribution in [2.75, 3.05) is 24.8 Å². The number of methoxy groups -OCH3 is 1. The summed E-state index contributed by atoms with van der Waals surface area (Å²) in [6.45, 7) is 1.21. The number of nitrogens with one attached hydrogen (secondary N) is 2. The molecule has 0 saturated carbocycles. The van der Waals surface area contributed by atoms with Gasteiger partial charge >= 0.3 is 5.97 Å². The van der Waals surface area contributed by atoms with Gasteiger partial charge in [0.25, 0.3) is 5.91 Å². The second-order valence-corrected chi connectivity index (χ2v) is 6.09. The van der Waals surface area contributed by atoms with Crippen LogP contribution in [0.2, 0.25) is 0 Å². The molecule has 118 valence electrons. The van der Waals surface area contributed by atoms with Gasteiger partial charge in [-0.25, -0.2) is 4.79 Å². The second kappa shape index (κ2) is 6.37. The van der Waals surface area contributed by atoms with Gasteiger partial charge in [-0.15, -0.1) is 11.8 Å². The number of thioether (sulfide) groups is 1. The summed E-state index contributed by atoms with van der Waals surface area (Å²) in [6, 6.07) is 4.85. The molecular formula is C14H16N2O5S. The van der Waals surface area contributed by atoms with Crippen LogP contribution in [0.5, 0.6) is 0 Å². The van der Waals surface area contributed by atoms with Gasteiger partial charge in [0.15, 0.2) is 5.54 Å². The van der Waals surface area contributed by atoms with Gasteiger partial charge in [0.05, 0.1) is 18.0 Å². The topological polar surface area (TPSA) is 105 Å². The van der Waals surface area contributed by atoms with Crippen molar-refractivity contribution in [2.24, 2.45) is 0 Å². The molecule has 0 radical (unpaired) electrons. The predicted octanol–water partition coefficient (Wildman–Crippen LogP) is 0.950. The maximum atomic E-state index is 12.3. The van der Waals surface area contributed by atoms with Gasteiger partial charge in [-0.1, -0.05) is 0 Å². The zero-order valence-corrected chi connectivity index (χ0v) is 13.0. The van der Waals surface area contributed by atoms with E-state index in [-0.39, 0.29) is 18.1 Å². The normalized spacial score (nSPS) is 16.2. The Labute approximate surface area is 131 Å². The Balaban J connectivity index is 2.21. The van der Waals surface area contributed by atoms with Crippen LogP contribution in [-0.4, -0.2) is 47.9 Å². The Morgan fingerprint density at radius 2 is 2.23 bits per heavy atom. The molecule has 22 heavy (non-hydrogen) atoms. The quantitative estimate of drug-likeness (QED) is 0.745. The van der Waals surface area contributed by atoms with Crippen LogP contribution in [0.4, 0.5) is 5.69 Å². The zero-order valence-electron chi connectivity index (χ0n) is 12.1. The summed E-state index contributed by atoms with van der Waals surface area (Å²) in [5.41, 5.74) is -0.706. The smallest absolute Gasteiger partial charge is 0.331 e. The van der Waals surface area contributed by atoms with Gasteiger partial charge in [-0.05, 0) is 25.1 Å². The Morgan fingerprint density at radius 3 is 2.86 bits per heavy atom. The fourth-order valence-electron chi connectivity index (χ4n) is 1.99. The Hall–Kier alpha value is -2.06. The molecule has 0 fully saturated rings. The van der Waals surface area contributed by atoms with E-state index in [4.69, 9.17) is 4.74 Å². The molecular weight excluding hydrogens is 308 g/mol. The SMILES string of the molecule is COCC(C)(NC(=O)c1ccc2c(c1)NC(=O)CS2)C(=O)O. The summed E-state index contributed by atoms with van der Waals surface area (Å²) in [7, 11) is 1.36. The van der Waals surface area contributed by atoms with Gasteiger partial charge in [0, 0.05) is 17.6 Å². The minimum absolute atomic E-state index is 0.134. The number of carbonyl (C=O) groups excluding carboxylic acids is 2. The highest BCUT2D eigenvalue weighted by Crippen LogP contribution is 2.32. The van der Waals surface area contributed by atoms with E-state index in [1.165, 1.54) is 31.9 Å². The Morgan fingerprint density at radius 1 is 1.50 bits per heavy atom. The predicted molar refractivity (Wildman–Crippen MR) is 81.2 cm³/mol. The summed E-state index contributed by atoms with van der Waals surface area (Å²) in [5, 5.41) is 14.4. The summed E-state index contributed by atoms with van der Waals surface area (Å²) < 4.78 is 4.85. The summed E-state index contributed by atoms with van der Waals surface area (Å²) >= 11 is 1.39. The van der Waals surface area contributed by atoms with Crippen LogP contribution >= 0.6 is 11.8 Å². The number of hydrogen-bond donors (Lipinski definition) is 3. The number of carbonyl (C=O) groups is 3. The first-order valence-corrected chi connectivity index (χ1v) is 7.46. The number of rotatable bonds is 5. The average Bonchev–Trinajstić information content (AvgIpc) is 2.46. The van der Waals surface area contributed by atoms with Gasteiger partial charge in [0.1, 0.15) is 0 Å². The summed E-state index contributed by atoms with van der Waals surface area (Å²) in [5.74, 6) is -1.53. The van der Waals surface area contributed by atoms with Crippen molar-refractivity contribution >= 4 is 35.2 Å². The molecule has 1 aromatic carbocycles. The number of benzene rings is 1. The van der Waals surface area contributed by atoms with Crippen LogP contribution in [0.25, 0.3) is 0 Å². The minimum atomic E-state index is -1.53. The lowest BCUT2D eigenvalue weighted by Crippen LogP contribution is -2.55. The van der Waals surface area contributed by atoms with Gasteiger partial charge in [-0.3, -0.25) is 9.59 Å². The molecule has 7 nitrogen and oxygen atoms in total. The standard InChI is InChI=1S/C14H16N2O5S/c1-14(7-21-2,13(19)20)16-12(18)8-3-4-10-9(5-8)15-11(17)6-22-10/h3-5H,6-7H2,1-2H3,(H,15,17)(H,16,18)(H,19,20). The molecule has 2 amide bonds. The molecule has 8 heteroatoms. The zero-order chi connectivity index (χ0) is 16.3. The number of anilines is 1. The molecule has 1 atom stereocenters. The maximum Gasteiger partial charge on any atom is 0.331 e. The average molecular weight is 324 g/mol.